The zero-order chi connectivity index (χ0) is 16.2. The third kappa shape index (κ3) is 3.50. The van der Waals surface area contributed by atoms with Crippen LogP contribution in [0.1, 0.15) is 62.0 Å². The fraction of sp³-hybridized carbons (Fsp3) is 0.550. The summed E-state index contributed by atoms with van der Waals surface area (Å²) < 4.78 is 2.22. The smallest absolute Gasteiger partial charge is 0.136 e. The predicted molar refractivity (Wildman–Crippen MR) is 96.1 cm³/mol. The highest BCUT2D eigenvalue weighted by atomic mass is 15.2. The molecule has 1 saturated heterocycles. The highest BCUT2D eigenvalue weighted by Gasteiger charge is 2.23. The molecule has 0 amide bonds. The molecule has 1 atom stereocenters. The first-order chi connectivity index (χ1) is 11.2. The van der Waals surface area contributed by atoms with Gasteiger partial charge in [0.05, 0.1) is 0 Å². The molecular weight excluding hydrogens is 282 g/mol. The van der Waals surface area contributed by atoms with Gasteiger partial charge in [0.25, 0.3) is 0 Å². The second kappa shape index (κ2) is 7.31. The number of rotatable bonds is 5. The lowest BCUT2D eigenvalue weighted by molar-refractivity contribution is 0.146. The van der Waals surface area contributed by atoms with Crippen LogP contribution in [0.2, 0.25) is 0 Å². The molecule has 1 aliphatic rings. The van der Waals surface area contributed by atoms with Gasteiger partial charge >= 0.3 is 0 Å². The molecule has 3 heteroatoms. The number of nitrogens with zero attached hydrogens (tertiary/aromatic N) is 3. The van der Waals surface area contributed by atoms with E-state index in [4.69, 9.17) is 4.98 Å². The maximum atomic E-state index is 4.77. The molecule has 2 aromatic rings. The van der Waals surface area contributed by atoms with Crippen LogP contribution in [0.15, 0.2) is 30.5 Å². The average molecular weight is 311 g/mol. The summed E-state index contributed by atoms with van der Waals surface area (Å²) in [5.74, 6) is 1.03. The van der Waals surface area contributed by atoms with Crippen molar-refractivity contribution in [2.45, 2.75) is 58.9 Å². The van der Waals surface area contributed by atoms with Gasteiger partial charge in [0.1, 0.15) is 5.82 Å². The van der Waals surface area contributed by atoms with Crippen molar-refractivity contribution in [1.82, 2.24) is 14.5 Å². The van der Waals surface area contributed by atoms with E-state index >= 15 is 0 Å². The minimum absolute atomic E-state index is 0.559. The Kier molecular flexibility index (Phi) is 5.16. The first-order valence-corrected chi connectivity index (χ1v) is 9.06. The summed E-state index contributed by atoms with van der Waals surface area (Å²) >= 11 is 0. The zero-order valence-corrected chi connectivity index (χ0v) is 14.8. The van der Waals surface area contributed by atoms with E-state index in [9.17, 15) is 0 Å². The van der Waals surface area contributed by atoms with Crippen LogP contribution >= 0.6 is 0 Å². The van der Waals surface area contributed by atoms with Crippen molar-refractivity contribution in [1.29, 1.82) is 0 Å². The number of likely N-dealkylation sites (tertiary alicyclic amines) is 1. The highest BCUT2D eigenvalue weighted by Crippen LogP contribution is 2.31. The number of aromatic nitrogens is 2. The van der Waals surface area contributed by atoms with Crippen molar-refractivity contribution < 1.29 is 0 Å². The molecule has 3 rings (SSSR count). The van der Waals surface area contributed by atoms with Crippen LogP contribution in [-0.4, -0.2) is 27.5 Å². The van der Waals surface area contributed by atoms with Gasteiger partial charge in [-0.1, -0.05) is 25.8 Å². The quantitative estimate of drug-likeness (QED) is 0.789. The number of hydrogen-bond donors (Lipinski definition) is 0. The van der Waals surface area contributed by atoms with Crippen molar-refractivity contribution in [2.24, 2.45) is 0 Å². The minimum atomic E-state index is 0.559. The van der Waals surface area contributed by atoms with Crippen LogP contribution < -0.4 is 0 Å². The monoisotopic (exact) mass is 311 g/mol. The lowest BCUT2D eigenvalue weighted by Gasteiger charge is -2.36. The summed E-state index contributed by atoms with van der Waals surface area (Å²) in [6, 6.07) is 9.33. The summed E-state index contributed by atoms with van der Waals surface area (Å²) in [5.41, 5.74) is 3.86. The Balaban J connectivity index is 1.80. The van der Waals surface area contributed by atoms with Crippen molar-refractivity contribution in [3.63, 3.8) is 0 Å². The molecule has 2 aromatic heterocycles. The van der Waals surface area contributed by atoms with E-state index in [1.807, 2.05) is 0 Å². The summed E-state index contributed by atoms with van der Waals surface area (Å²) in [6.45, 7) is 9.00. The number of pyridine rings is 1. The van der Waals surface area contributed by atoms with Gasteiger partial charge in [0.2, 0.25) is 0 Å². The van der Waals surface area contributed by atoms with E-state index in [1.165, 1.54) is 62.1 Å². The van der Waals surface area contributed by atoms with Crippen LogP contribution in [0, 0.1) is 13.8 Å². The molecule has 3 heterocycles. The molecule has 23 heavy (non-hydrogen) atoms. The number of piperidine rings is 1. The Morgan fingerprint density at radius 2 is 1.87 bits per heavy atom. The summed E-state index contributed by atoms with van der Waals surface area (Å²) in [5, 5.41) is 0. The van der Waals surface area contributed by atoms with E-state index < -0.39 is 0 Å². The van der Waals surface area contributed by atoms with Gasteiger partial charge < -0.3 is 4.57 Å². The molecule has 0 aromatic carbocycles. The maximum Gasteiger partial charge on any atom is 0.136 e. The highest BCUT2D eigenvalue weighted by molar-refractivity contribution is 5.33. The van der Waals surface area contributed by atoms with Crippen LogP contribution in [-0.2, 0) is 0 Å². The molecule has 1 fully saturated rings. The van der Waals surface area contributed by atoms with Crippen LogP contribution in [0.3, 0.4) is 0 Å². The Labute approximate surface area is 140 Å². The Morgan fingerprint density at radius 1 is 1.09 bits per heavy atom. The van der Waals surface area contributed by atoms with E-state index in [0.717, 1.165) is 5.82 Å². The molecular formula is C20H29N3. The van der Waals surface area contributed by atoms with Gasteiger partial charge in [-0.25, -0.2) is 4.98 Å². The molecule has 0 bridgehead atoms. The van der Waals surface area contributed by atoms with Crippen molar-refractivity contribution in [2.75, 3.05) is 13.1 Å². The third-order valence-electron chi connectivity index (χ3n) is 5.07. The van der Waals surface area contributed by atoms with Gasteiger partial charge in [-0.3, -0.25) is 4.90 Å². The van der Waals surface area contributed by atoms with E-state index in [0.29, 0.717) is 6.04 Å². The molecule has 0 radical (unpaired) electrons. The Hall–Kier alpha value is -1.61. The summed E-state index contributed by atoms with van der Waals surface area (Å²) in [6.07, 6.45) is 8.62. The third-order valence-corrected chi connectivity index (χ3v) is 5.07. The first kappa shape index (κ1) is 16.3. The van der Waals surface area contributed by atoms with E-state index in [-0.39, 0.29) is 0 Å². The lowest BCUT2D eigenvalue weighted by Crippen LogP contribution is -2.34. The first-order valence-electron chi connectivity index (χ1n) is 9.06. The largest absolute Gasteiger partial charge is 0.303 e. The molecule has 0 unspecified atom stereocenters. The van der Waals surface area contributed by atoms with Crippen molar-refractivity contribution in [3.8, 4) is 5.82 Å². The maximum absolute atomic E-state index is 4.77. The minimum Gasteiger partial charge on any atom is -0.303 e. The lowest BCUT2D eigenvalue weighted by atomic mass is 9.96. The SMILES string of the molecule is CCCCN1CCCC[C@H]1c1ccc(-n2c(C)ccc2C)nc1. The molecule has 1 aliphatic heterocycles. The Bertz CT molecular complexity index is 607. The summed E-state index contributed by atoms with van der Waals surface area (Å²) in [4.78, 5) is 7.43. The van der Waals surface area contributed by atoms with Crippen LogP contribution in [0.25, 0.3) is 5.82 Å². The molecule has 0 spiro atoms. The van der Waals surface area contributed by atoms with Crippen molar-refractivity contribution in [3.05, 3.63) is 47.4 Å². The fourth-order valence-electron chi connectivity index (χ4n) is 3.75. The van der Waals surface area contributed by atoms with Gasteiger partial charge in [-0.05, 0) is 70.0 Å². The summed E-state index contributed by atoms with van der Waals surface area (Å²) in [7, 11) is 0. The molecule has 0 aliphatic carbocycles. The second-order valence-corrected chi connectivity index (χ2v) is 6.80. The molecule has 124 valence electrons. The van der Waals surface area contributed by atoms with Gasteiger partial charge in [-0.2, -0.15) is 0 Å². The van der Waals surface area contributed by atoms with Crippen LogP contribution in [0.4, 0.5) is 0 Å². The number of hydrogen-bond acceptors (Lipinski definition) is 2. The van der Waals surface area contributed by atoms with E-state index in [2.05, 4.69) is 60.7 Å². The molecule has 0 saturated carbocycles. The number of unbranched alkanes of at least 4 members (excludes halogenated alkanes) is 1. The fourth-order valence-corrected chi connectivity index (χ4v) is 3.75. The van der Waals surface area contributed by atoms with E-state index in [1.54, 1.807) is 0 Å². The van der Waals surface area contributed by atoms with Crippen LogP contribution in [0.5, 0.6) is 0 Å². The molecule has 3 nitrogen and oxygen atoms in total. The second-order valence-electron chi connectivity index (χ2n) is 6.80. The zero-order valence-electron chi connectivity index (χ0n) is 14.8. The topological polar surface area (TPSA) is 21.1 Å². The standard InChI is InChI=1S/C20H29N3/c1-4-5-13-22-14-7-6-8-19(22)18-11-12-20(21-15-18)23-16(2)9-10-17(23)3/h9-12,15,19H,4-8,13-14H2,1-3H3/t19-/m0/s1. The van der Waals surface area contributed by atoms with Gasteiger partial charge in [-0.15, -0.1) is 0 Å². The molecule has 0 N–H and O–H groups in total. The number of aryl methyl sites for hydroxylation is 2. The van der Waals surface area contributed by atoms with Gasteiger partial charge in [0.15, 0.2) is 0 Å². The average Bonchev–Trinajstić information content (AvgIpc) is 2.92. The van der Waals surface area contributed by atoms with Crippen molar-refractivity contribution >= 4 is 0 Å². The normalized spacial score (nSPS) is 19.2. The Morgan fingerprint density at radius 3 is 2.52 bits per heavy atom. The predicted octanol–water partition coefficient (Wildman–Crippen LogP) is 4.82. The van der Waals surface area contributed by atoms with Gasteiger partial charge in [0, 0.05) is 23.6 Å².